The fourth-order valence-corrected chi connectivity index (χ4v) is 1.75. The van der Waals surface area contributed by atoms with Crippen molar-refractivity contribution in [3.63, 3.8) is 0 Å². The van der Waals surface area contributed by atoms with Crippen LogP contribution in [0.4, 0.5) is 5.82 Å². The molecule has 0 aliphatic carbocycles. The normalized spacial score (nSPS) is 10.3. The molecule has 0 aliphatic heterocycles. The van der Waals surface area contributed by atoms with Crippen molar-refractivity contribution in [1.82, 2.24) is 15.0 Å². The molecular formula is C9H11N5S. The summed E-state index contributed by atoms with van der Waals surface area (Å²) in [6.45, 7) is 2.04. The van der Waals surface area contributed by atoms with Crippen LogP contribution < -0.4 is 11.3 Å². The molecule has 15 heavy (non-hydrogen) atoms. The zero-order valence-corrected chi connectivity index (χ0v) is 9.08. The predicted octanol–water partition coefficient (Wildman–Crippen LogP) is 1.45. The second kappa shape index (κ2) is 4.33. The number of aromatic nitrogens is 3. The first-order chi connectivity index (χ1) is 7.33. The van der Waals surface area contributed by atoms with E-state index in [0.29, 0.717) is 11.6 Å². The van der Waals surface area contributed by atoms with Crippen LogP contribution >= 0.6 is 11.3 Å². The van der Waals surface area contributed by atoms with Crippen LogP contribution in [0.3, 0.4) is 0 Å². The van der Waals surface area contributed by atoms with Gasteiger partial charge in [-0.1, -0.05) is 6.92 Å². The van der Waals surface area contributed by atoms with Gasteiger partial charge in [0.25, 0.3) is 0 Å². The molecule has 0 aromatic carbocycles. The maximum absolute atomic E-state index is 5.34. The van der Waals surface area contributed by atoms with Crippen molar-refractivity contribution >= 4 is 17.2 Å². The number of rotatable bonds is 3. The zero-order valence-electron chi connectivity index (χ0n) is 8.27. The van der Waals surface area contributed by atoms with Crippen LogP contribution in [-0.4, -0.2) is 15.0 Å². The summed E-state index contributed by atoms with van der Waals surface area (Å²) in [5.41, 5.74) is 3.48. The lowest BCUT2D eigenvalue weighted by Gasteiger charge is -2.04. The summed E-state index contributed by atoms with van der Waals surface area (Å²) in [7, 11) is 0. The summed E-state index contributed by atoms with van der Waals surface area (Å²) < 4.78 is 0. The summed E-state index contributed by atoms with van der Waals surface area (Å²) in [5.74, 6) is 6.58. The van der Waals surface area contributed by atoms with Crippen LogP contribution in [0.15, 0.2) is 17.6 Å². The SMILES string of the molecule is CCc1cc(NN)nc(-c2nccs2)n1. The number of hydrazine groups is 1. The largest absolute Gasteiger partial charge is 0.308 e. The van der Waals surface area contributed by atoms with Crippen molar-refractivity contribution in [3.8, 4) is 10.8 Å². The third-order valence-electron chi connectivity index (χ3n) is 1.91. The molecule has 0 unspecified atom stereocenters. The highest BCUT2D eigenvalue weighted by molar-refractivity contribution is 7.12. The molecule has 0 amide bonds. The van der Waals surface area contributed by atoms with E-state index in [2.05, 4.69) is 20.4 Å². The second-order valence-corrected chi connectivity index (χ2v) is 3.80. The Bertz CT molecular complexity index is 418. The van der Waals surface area contributed by atoms with Crippen LogP contribution in [0.2, 0.25) is 0 Å². The fourth-order valence-electron chi connectivity index (χ4n) is 1.18. The Morgan fingerprint density at radius 1 is 1.47 bits per heavy atom. The molecule has 6 heteroatoms. The van der Waals surface area contributed by atoms with E-state index >= 15 is 0 Å². The molecule has 0 aliphatic rings. The first-order valence-electron chi connectivity index (χ1n) is 4.58. The van der Waals surface area contributed by atoms with E-state index in [1.54, 1.807) is 6.20 Å². The quantitative estimate of drug-likeness (QED) is 0.606. The number of nitrogens with two attached hydrogens (primary N) is 1. The number of nitrogen functional groups attached to an aromatic ring is 1. The lowest BCUT2D eigenvalue weighted by molar-refractivity contribution is 0.999. The molecule has 2 aromatic rings. The minimum Gasteiger partial charge on any atom is -0.308 e. The Hall–Kier alpha value is -1.53. The molecule has 0 bridgehead atoms. The minimum absolute atomic E-state index is 0.618. The highest BCUT2D eigenvalue weighted by atomic mass is 32.1. The summed E-state index contributed by atoms with van der Waals surface area (Å²) in [4.78, 5) is 12.8. The third-order valence-corrected chi connectivity index (χ3v) is 2.68. The summed E-state index contributed by atoms with van der Waals surface area (Å²) in [6.07, 6.45) is 2.58. The van der Waals surface area contributed by atoms with Gasteiger partial charge in [0.05, 0.1) is 0 Å². The van der Waals surface area contributed by atoms with Gasteiger partial charge >= 0.3 is 0 Å². The number of hydrogen-bond acceptors (Lipinski definition) is 6. The first kappa shape index (κ1) is 10.0. The molecule has 0 saturated heterocycles. The molecule has 0 saturated carbocycles. The fraction of sp³-hybridized carbons (Fsp3) is 0.222. The van der Waals surface area contributed by atoms with Gasteiger partial charge in [-0.15, -0.1) is 11.3 Å². The molecule has 0 radical (unpaired) electrons. The standard InChI is InChI=1S/C9H11N5S/c1-2-6-5-7(14-10)13-8(12-6)9-11-3-4-15-9/h3-5H,2,10H2,1H3,(H,12,13,14). The topological polar surface area (TPSA) is 76.7 Å². The van der Waals surface area contributed by atoms with Gasteiger partial charge in [0.1, 0.15) is 5.82 Å². The van der Waals surface area contributed by atoms with Crippen molar-refractivity contribution in [1.29, 1.82) is 0 Å². The van der Waals surface area contributed by atoms with Crippen molar-refractivity contribution in [3.05, 3.63) is 23.3 Å². The Kier molecular flexibility index (Phi) is 2.89. The number of nitrogens with zero attached hydrogens (tertiary/aromatic N) is 3. The Morgan fingerprint density at radius 3 is 2.93 bits per heavy atom. The average Bonchev–Trinajstić information content (AvgIpc) is 2.81. The monoisotopic (exact) mass is 221 g/mol. The molecule has 2 rings (SSSR count). The zero-order chi connectivity index (χ0) is 10.7. The highest BCUT2D eigenvalue weighted by Gasteiger charge is 2.07. The van der Waals surface area contributed by atoms with Gasteiger partial charge in [0.15, 0.2) is 10.8 Å². The Balaban J connectivity index is 2.47. The van der Waals surface area contributed by atoms with E-state index in [9.17, 15) is 0 Å². The average molecular weight is 221 g/mol. The highest BCUT2D eigenvalue weighted by Crippen LogP contribution is 2.19. The number of aryl methyl sites for hydroxylation is 1. The molecule has 0 atom stereocenters. The van der Waals surface area contributed by atoms with E-state index in [1.165, 1.54) is 11.3 Å². The number of hydrogen-bond donors (Lipinski definition) is 2. The van der Waals surface area contributed by atoms with Crippen molar-refractivity contribution < 1.29 is 0 Å². The van der Waals surface area contributed by atoms with Gasteiger partial charge in [-0.25, -0.2) is 20.8 Å². The molecule has 3 N–H and O–H groups in total. The van der Waals surface area contributed by atoms with Crippen LogP contribution in [0.1, 0.15) is 12.6 Å². The molecule has 0 spiro atoms. The molecular weight excluding hydrogens is 210 g/mol. The maximum Gasteiger partial charge on any atom is 0.190 e. The van der Waals surface area contributed by atoms with Gasteiger partial charge in [-0.05, 0) is 6.42 Å². The van der Waals surface area contributed by atoms with Crippen LogP contribution in [0.25, 0.3) is 10.8 Å². The molecule has 5 nitrogen and oxygen atoms in total. The van der Waals surface area contributed by atoms with Gasteiger partial charge in [0.2, 0.25) is 0 Å². The van der Waals surface area contributed by atoms with Crippen molar-refractivity contribution in [2.45, 2.75) is 13.3 Å². The number of anilines is 1. The van der Waals surface area contributed by atoms with Crippen LogP contribution in [-0.2, 0) is 6.42 Å². The van der Waals surface area contributed by atoms with E-state index < -0.39 is 0 Å². The van der Waals surface area contributed by atoms with E-state index in [4.69, 9.17) is 5.84 Å². The number of thiazole rings is 1. The summed E-state index contributed by atoms with van der Waals surface area (Å²) in [6, 6.07) is 1.83. The number of nitrogens with one attached hydrogen (secondary N) is 1. The lowest BCUT2D eigenvalue weighted by Crippen LogP contribution is -2.10. The van der Waals surface area contributed by atoms with E-state index in [0.717, 1.165) is 17.1 Å². The molecule has 2 aromatic heterocycles. The van der Waals surface area contributed by atoms with Crippen LogP contribution in [0, 0.1) is 0 Å². The van der Waals surface area contributed by atoms with E-state index in [1.807, 2.05) is 18.4 Å². The molecule has 0 fully saturated rings. The lowest BCUT2D eigenvalue weighted by atomic mass is 10.3. The van der Waals surface area contributed by atoms with E-state index in [-0.39, 0.29) is 0 Å². The van der Waals surface area contributed by atoms with Crippen molar-refractivity contribution in [2.75, 3.05) is 5.43 Å². The van der Waals surface area contributed by atoms with Gasteiger partial charge in [-0.3, -0.25) is 0 Å². The molecule has 78 valence electrons. The minimum atomic E-state index is 0.618. The maximum atomic E-state index is 5.34. The van der Waals surface area contributed by atoms with Gasteiger partial charge in [0, 0.05) is 23.3 Å². The third kappa shape index (κ3) is 2.11. The Labute approximate surface area is 91.4 Å². The van der Waals surface area contributed by atoms with Gasteiger partial charge < -0.3 is 5.43 Å². The Morgan fingerprint density at radius 2 is 2.33 bits per heavy atom. The predicted molar refractivity (Wildman–Crippen MR) is 60.3 cm³/mol. The second-order valence-electron chi connectivity index (χ2n) is 2.90. The summed E-state index contributed by atoms with van der Waals surface area (Å²) in [5, 5.41) is 2.70. The summed E-state index contributed by atoms with van der Waals surface area (Å²) >= 11 is 1.51. The van der Waals surface area contributed by atoms with Gasteiger partial charge in [-0.2, -0.15) is 0 Å². The van der Waals surface area contributed by atoms with Crippen molar-refractivity contribution in [2.24, 2.45) is 5.84 Å². The smallest absolute Gasteiger partial charge is 0.190 e. The first-order valence-corrected chi connectivity index (χ1v) is 5.46. The van der Waals surface area contributed by atoms with Crippen LogP contribution in [0.5, 0.6) is 0 Å². The molecule has 2 heterocycles.